The monoisotopic (exact) mass is 322 g/mol. The molecule has 1 atom stereocenters. The minimum atomic E-state index is -2.95. The summed E-state index contributed by atoms with van der Waals surface area (Å²) in [4.78, 5) is 13.2. The number of rotatable bonds is 8. The quantitative estimate of drug-likeness (QED) is 0.688. The Morgan fingerprint density at radius 1 is 1.33 bits per heavy atom. The molecule has 0 aliphatic rings. The third kappa shape index (κ3) is 10.5. The van der Waals surface area contributed by atoms with E-state index in [4.69, 9.17) is 4.74 Å². The lowest BCUT2D eigenvalue weighted by molar-refractivity contribution is 0.0297. The van der Waals surface area contributed by atoms with Crippen molar-refractivity contribution in [3.05, 3.63) is 0 Å². The summed E-state index contributed by atoms with van der Waals surface area (Å²) in [5, 5.41) is 3.16. The molecule has 0 fully saturated rings. The van der Waals surface area contributed by atoms with Gasteiger partial charge in [-0.2, -0.15) is 0 Å². The topological polar surface area (TPSA) is 75.7 Å². The molecule has 7 heteroatoms. The number of nitrogens with one attached hydrogen (secondary N) is 1. The maximum Gasteiger partial charge on any atom is 0.410 e. The van der Waals surface area contributed by atoms with Gasteiger partial charge in [0.15, 0.2) is 9.84 Å². The average Bonchev–Trinajstić information content (AvgIpc) is 2.31. The maximum absolute atomic E-state index is 11.7. The van der Waals surface area contributed by atoms with Crippen LogP contribution < -0.4 is 5.32 Å². The van der Waals surface area contributed by atoms with Crippen molar-refractivity contribution in [2.45, 2.75) is 52.7 Å². The van der Waals surface area contributed by atoms with E-state index in [1.807, 2.05) is 27.7 Å². The predicted octanol–water partition coefficient (Wildman–Crippen LogP) is 1.66. The van der Waals surface area contributed by atoms with E-state index < -0.39 is 15.4 Å². The zero-order valence-electron chi connectivity index (χ0n) is 14.1. The summed E-state index contributed by atoms with van der Waals surface area (Å²) >= 11 is 0. The van der Waals surface area contributed by atoms with Crippen LogP contribution >= 0.6 is 0 Å². The molecule has 0 aromatic rings. The van der Waals surface area contributed by atoms with Gasteiger partial charge in [0.25, 0.3) is 0 Å². The van der Waals surface area contributed by atoms with E-state index in [1.54, 1.807) is 14.0 Å². The number of ether oxygens (including phenoxy) is 1. The minimum Gasteiger partial charge on any atom is -0.444 e. The molecule has 0 saturated heterocycles. The van der Waals surface area contributed by atoms with Crippen LogP contribution in [0.5, 0.6) is 0 Å². The summed E-state index contributed by atoms with van der Waals surface area (Å²) in [7, 11) is -1.26. The Morgan fingerprint density at radius 3 is 2.38 bits per heavy atom. The molecular formula is C14H30N2O4S. The van der Waals surface area contributed by atoms with Crippen LogP contribution in [0.2, 0.25) is 0 Å². The summed E-state index contributed by atoms with van der Waals surface area (Å²) in [6.45, 7) is 10.2. The molecule has 6 nitrogen and oxygen atoms in total. The normalized spacial score (nSPS) is 13.8. The highest BCUT2D eigenvalue weighted by molar-refractivity contribution is 7.91. The van der Waals surface area contributed by atoms with Crippen molar-refractivity contribution >= 4 is 15.9 Å². The van der Waals surface area contributed by atoms with E-state index in [-0.39, 0.29) is 23.6 Å². The number of nitrogens with zero attached hydrogens (tertiary/aromatic N) is 1. The largest absolute Gasteiger partial charge is 0.444 e. The summed E-state index contributed by atoms with van der Waals surface area (Å²) in [6.07, 6.45) is 0.399. The lowest BCUT2D eigenvalue weighted by Crippen LogP contribution is -2.37. The number of carbonyl (C=O) groups excluding carboxylic acids is 1. The number of sulfone groups is 1. The van der Waals surface area contributed by atoms with Crippen LogP contribution in [0.3, 0.4) is 0 Å². The van der Waals surface area contributed by atoms with Crippen molar-refractivity contribution in [1.82, 2.24) is 10.2 Å². The first-order valence-corrected chi connectivity index (χ1v) is 9.17. The molecule has 0 radical (unpaired) electrons. The molecule has 0 aromatic carbocycles. The summed E-state index contributed by atoms with van der Waals surface area (Å²) in [6, 6.07) is -0.0817. The van der Waals surface area contributed by atoms with Gasteiger partial charge in [-0.05, 0) is 40.7 Å². The van der Waals surface area contributed by atoms with Crippen molar-refractivity contribution in [3.63, 3.8) is 0 Å². The van der Waals surface area contributed by atoms with Crippen LogP contribution in [0.25, 0.3) is 0 Å². The lowest BCUT2D eigenvalue weighted by Gasteiger charge is -2.24. The maximum atomic E-state index is 11.7. The lowest BCUT2D eigenvalue weighted by atomic mass is 10.2. The zero-order chi connectivity index (χ0) is 16.7. The van der Waals surface area contributed by atoms with Crippen LogP contribution in [0.1, 0.15) is 41.0 Å². The Bertz CT molecular complexity index is 415. The van der Waals surface area contributed by atoms with E-state index in [1.165, 1.54) is 4.90 Å². The first-order valence-electron chi connectivity index (χ1n) is 7.35. The average molecular weight is 322 g/mol. The molecule has 0 saturated carbocycles. The highest BCUT2D eigenvalue weighted by atomic mass is 32.2. The van der Waals surface area contributed by atoms with Gasteiger partial charge in [-0.3, -0.25) is 0 Å². The third-order valence-corrected chi connectivity index (χ3v) is 4.70. The molecule has 0 bridgehead atoms. The molecule has 0 aromatic heterocycles. The van der Waals surface area contributed by atoms with Crippen molar-refractivity contribution in [1.29, 1.82) is 0 Å². The van der Waals surface area contributed by atoms with Gasteiger partial charge >= 0.3 is 6.09 Å². The fourth-order valence-electron chi connectivity index (χ4n) is 1.65. The Hall–Kier alpha value is -0.820. The predicted molar refractivity (Wildman–Crippen MR) is 85.3 cm³/mol. The number of carbonyl (C=O) groups is 1. The Balaban J connectivity index is 3.92. The van der Waals surface area contributed by atoms with Gasteiger partial charge in [-0.15, -0.1) is 0 Å². The molecule has 1 N–H and O–H groups in total. The first kappa shape index (κ1) is 20.2. The van der Waals surface area contributed by atoms with Crippen LogP contribution in [0.15, 0.2) is 0 Å². The van der Waals surface area contributed by atoms with Gasteiger partial charge in [-0.1, -0.05) is 6.92 Å². The van der Waals surface area contributed by atoms with E-state index in [2.05, 4.69) is 5.32 Å². The Kier molecular flexibility index (Phi) is 8.25. The smallest absolute Gasteiger partial charge is 0.410 e. The molecule has 1 amide bonds. The molecule has 0 heterocycles. The SMILES string of the molecule is CCS(=O)(=O)CC(C)NCCCN(C)C(=O)OC(C)(C)C. The molecule has 0 rings (SSSR count). The van der Waals surface area contributed by atoms with E-state index >= 15 is 0 Å². The highest BCUT2D eigenvalue weighted by Gasteiger charge is 2.19. The van der Waals surface area contributed by atoms with Gasteiger partial charge in [-0.25, -0.2) is 13.2 Å². The van der Waals surface area contributed by atoms with Crippen molar-refractivity contribution in [2.75, 3.05) is 31.6 Å². The van der Waals surface area contributed by atoms with Crippen LogP contribution in [0.4, 0.5) is 4.79 Å². The number of hydrogen-bond acceptors (Lipinski definition) is 5. The molecule has 21 heavy (non-hydrogen) atoms. The molecule has 1 unspecified atom stereocenters. The van der Waals surface area contributed by atoms with E-state index in [9.17, 15) is 13.2 Å². The van der Waals surface area contributed by atoms with Gasteiger partial charge in [0.1, 0.15) is 5.60 Å². The van der Waals surface area contributed by atoms with Crippen molar-refractivity contribution < 1.29 is 17.9 Å². The number of amides is 1. The molecule has 0 aliphatic heterocycles. The minimum absolute atomic E-state index is 0.0817. The van der Waals surface area contributed by atoms with Gasteiger partial charge in [0.2, 0.25) is 0 Å². The third-order valence-electron chi connectivity index (χ3n) is 2.81. The molecule has 0 aliphatic carbocycles. The second-order valence-electron chi connectivity index (χ2n) is 6.31. The second-order valence-corrected chi connectivity index (χ2v) is 8.71. The standard InChI is InChI=1S/C14H30N2O4S/c1-7-21(18,19)11-12(2)15-9-8-10-16(6)13(17)20-14(3,4)5/h12,15H,7-11H2,1-6H3. The Morgan fingerprint density at radius 2 is 1.90 bits per heavy atom. The number of hydrogen-bond donors (Lipinski definition) is 1. The van der Waals surface area contributed by atoms with Gasteiger partial charge in [0, 0.05) is 25.4 Å². The summed E-state index contributed by atoms with van der Waals surface area (Å²) < 4.78 is 28.2. The fraction of sp³-hybridized carbons (Fsp3) is 0.929. The fourth-order valence-corrected chi connectivity index (χ4v) is 2.77. The van der Waals surface area contributed by atoms with Crippen LogP contribution in [-0.2, 0) is 14.6 Å². The molecular weight excluding hydrogens is 292 g/mol. The molecule has 126 valence electrons. The van der Waals surface area contributed by atoms with Gasteiger partial charge < -0.3 is 15.0 Å². The Labute approximate surface area is 129 Å². The van der Waals surface area contributed by atoms with E-state index in [0.29, 0.717) is 13.1 Å². The van der Waals surface area contributed by atoms with Crippen LogP contribution in [0, 0.1) is 0 Å². The van der Waals surface area contributed by atoms with E-state index in [0.717, 1.165) is 6.42 Å². The second kappa shape index (κ2) is 8.58. The van der Waals surface area contributed by atoms with Gasteiger partial charge in [0.05, 0.1) is 5.75 Å². The first-order chi connectivity index (χ1) is 9.47. The zero-order valence-corrected chi connectivity index (χ0v) is 14.9. The molecule has 0 spiro atoms. The van der Waals surface area contributed by atoms with Crippen LogP contribution in [-0.4, -0.2) is 62.7 Å². The van der Waals surface area contributed by atoms with Crippen molar-refractivity contribution in [2.24, 2.45) is 0 Å². The van der Waals surface area contributed by atoms with Crippen molar-refractivity contribution in [3.8, 4) is 0 Å². The highest BCUT2D eigenvalue weighted by Crippen LogP contribution is 2.09. The summed E-state index contributed by atoms with van der Waals surface area (Å²) in [5.74, 6) is 0.311. The summed E-state index contributed by atoms with van der Waals surface area (Å²) in [5.41, 5.74) is -0.493.